The summed E-state index contributed by atoms with van der Waals surface area (Å²) in [6.07, 6.45) is 3.40. The standard InChI is InChI=1S/C11H15ClN2O/c1-3-8(4-2)14-11(15)9-6-5-7-13-10(9)12/h5-8H,3-4H2,1-2H3,(H,14,15). The van der Waals surface area contributed by atoms with Crippen LogP contribution in [-0.4, -0.2) is 16.9 Å². The Morgan fingerprint density at radius 1 is 1.53 bits per heavy atom. The van der Waals surface area contributed by atoms with Gasteiger partial charge in [-0.1, -0.05) is 25.4 Å². The molecule has 15 heavy (non-hydrogen) atoms. The Kier molecular flexibility index (Phi) is 4.56. The highest BCUT2D eigenvalue weighted by Crippen LogP contribution is 2.11. The average Bonchev–Trinajstić information content (AvgIpc) is 2.26. The summed E-state index contributed by atoms with van der Waals surface area (Å²) >= 11 is 5.82. The smallest absolute Gasteiger partial charge is 0.254 e. The number of rotatable bonds is 4. The lowest BCUT2D eigenvalue weighted by molar-refractivity contribution is 0.0934. The molecule has 0 radical (unpaired) electrons. The van der Waals surface area contributed by atoms with Crippen molar-refractivity contribution in [2.24, 2.45) is 0 Å². The van der Waals surface area contributed by atoms with Crippen molar-refractivity contribution in [1.29, 1.82) is 0 Å². The zero-order valence-electron chi connectivity index (χ0n) is 8.96. The van der Waals surface area contributed by atoms with Crippen LogP contribution in [0.1, 0.15) is 37.0 Å². The number of pyridine rings is 1. The van der Waals surface area contributed by atoms with Crippen LogP contribution in [0.3, 0.4) is 0 Å². The summed E-state index contributed by atoms with van der Waals surface area (Å²) in [4.78, 5) is 15.6. The van der Waals surface area contributed by atoms with Gasteiger partial charge in [-0.3, -0.25) is 4.79 Å². The predicted octanol–water partition coefficient (Wildman–Crippen LogP) is 2.65. The van der Waals surface area contributed by atoms with Gasteiger partial charge in [-0.05, 0) is 25.0 Å². The van der Waals surface area contributed by atoms with E-state index in [4.69, 9.17) is 11.6 Å². The minimum Gasteiger partial charge on any atom is -0.349 e. The summed E-state index contributed by atoms with van der Waals surface area (Å²) < 4.78 is 0. The van der Waals surface area contributed by atoms with Crippen LogP contribution >= 0.6 is 11.6 Å². The summed E-state index contributed by atoms with van der Waals surface area (Å²) in [5.74, 6) is -0.151. The maximum Gasteiger partial charge on any atom is 0.254 e. The molecular weight excluding hydrogens is 212 g/mol. The third-order valence-electron chi connectivity index (χ3n) is 2.32. The van der Waals surface area contributed by atoms with E-state index >= 15 is 0 Å². The summed E-state index contributed by atoms with van der Waals surface area (Å²) in [7, 11) is 0. The summed E-state index contributed by atoms with van der Waals surface area (Å²) in [5, 5.41) is 3.16. The highest BCUT2D eigenvalue weighted by molar-refractivity contribution is 6.32. The molecule has 3 nitrogen and oxygen atoms in total. The third kappa shape index (κ3) is 3.20. The molecule has 0 saturated carbocycles. The van der Waals surface area contributed by atoms with E-state index in [2.05, 4.69) is 10.3 Å². The molecule has 0 bridgehead atoms. The molecule has 1 aromatic rings. The van der Waals surface area contributed by atoms with E-state index in [1.54, 1.807) is 18.3 Å². The van der Waals surface area contributed by atoms with Gasteiger partial charge in [-0.25, -0.2) is 4.98 Å². The van der Waals surface area contributed by atoms with Gasteiger partial charge in [0.1, 0.15) is 5.15 Å². The largest absolute Gasteiger partial charge is 0.349 e. The number of aromatic nitrogens is 1. The van der Waals surface area contributed by atoms with Crippen LogP contribution in [0.15, 0.2) is 18.3 Å². The second kappa shape index (κ2) is 5.71. The van der Waals surface area contributed by atoms with E-state index < -0.39 is 0 Å². The van der Waals surface area contributed by atoms with Gasteiger partial charge in [-0.2, -0.15) is 0 Å². The number of amides is 1. The first-order valence-electron chi connectivity index (χ1n) is 5.10. The van der Waals surface area contributed by atoms with E-state index in [1.807, 2.05) is 13.8 Å². The molecule has 4 heteroatoms. The summed E-state index contributed by atoms with van der Waals surface area (Å²) in [5.41, 5.74) is 0.436. The molecule has 1 heterocycles. The van der Waals surface area contributed by atoms with Crippen molar-refractivity contribution in [2.75, 3.05) is 0 Å². The molecule has 0 atom stereocenters. The Hall–Kier alpha value is -1.09. The maximum absolute atomic E-state index is 11.8. The molecule has 1 rings (SSSR count). The van der Waals surface area contributed by atoms with E-state index in [-0.39, 0.29) is 17.1 Å². The lowest BCUT2D eigenvalue weighted by Crippen LogP contribution is -2.34. The van der Waals surface area contributed by atoms with Crippen molar-refractivity contribution >= 4 is 17.5 Å². The second-order valence-corrected chi connectivity index (χ2v) is 3.69. The van der Waals surface area contributed by atoms with Crippen LogP contribution in [0.4, 0.5) is 0 Å². The molecular formula is C11H15ClN2O. The van der Waals surface area contributed by atoms with Crippen LogP contribution in [0.5, 0.6) is 0 Å². The summed E-state index contributed by atoms with van der Waals surface area (Å²) in [6, 6.07) is 3.58. The lowest BCUT2D eigenvalue weighted by Gasteiger charge is -2.14. The second-order valence-electron chi connectivity index (χ2n) is 3.33. The Labute approximate surface area is 94.9 Å². The number of halogens is 1. The molecule has 1 aromatic heterocycles. The molecule has 0 saturated heterocycles. The minimum absolute atomic E-state index is 0.151. The number of carbonyl (C=O) groups is 1. The molecule has 1 N–H and O–H groups in total. The molecule has 82 valence electrons. The number of hydrogen-bond acceptors (Lipinski definition) is 2. The van der Waals surface area contributed by atoms with E-state index in [1.165, 1.54) is 0 Å². The van der Waals surface area contributed by atoms with E-state index in [9.17, 15) is 4.79 Å². The SMILES string of the molecule is CCC(CC)NC(=O)c1cccnc1Cl. The number of hydrogen-bond donors (Lipinski definition) is 1. The number of carbonyl (C=O) groups excluding carboxylic acids is 1. The molecule has 1 amide bonds. The molecule has 0 spiro atoms. The fourth-order valence-corrected chi connectivity index (χ4v) is 1.52. The van der Waals surface area contributed by atoms with Crippen LogP contribution in [0.25, 0.3) is 0 Å². The van der Waals surface area contributed by atoms with Gasteiger partial charge >= 0.3 is 0 Å². The normalized spacial score (nSPS) is 10.4. The van der Waals surface area contributed by atoms with Crippen molar-refractivity contribution in [3.63, 3.8) is 0 Å². The Morgan fingerprint density at radius 3 is 2.73 bits per heavy atom. The van der Waals surface area contributed by atoms with Crippen molar-refractivity contribution in [3.05, 3.63) is 29.0 Å². The van der Waals surface area contributed by atoms with E-state index in [0.29, 0.717) is 5.56 Å². The maximum atomic E-state index is 11.8. The molecule has 0 aliphatic rings. The van der Waals surface area contributed by atoms with Crippen LogP contribution < -0.4 is 5.32 Å². The van der Waals surface area contributed by atoms with Gasteiger partial charge in [-0.15, -0.1) is 0 Å². The van der Waals surface area contributed by atoms with Gasteiger partial charge in [0, 0.05) is 12.2 Å². The van der Waals surface area contributed by atoms with Crippen molar-refractivity contribution < 1.29 is 4.79 Å². The molecule has 0 fully saturated rings. The molecule has 0 unspecified atom stereocenters. The lowest BCUT2D eigenvalue weighted by atomic mass is 10.1. The fraction of sp³-hybridized carbons (Fsp3) is 0.455. The first kappa shape index (κ1) is 12.0. The zero-order chi connectivity index (χ0) is 11.3. The van der Waals surface area contributed by atoms with Crippen LogP contribution in [-0.2, 0) is 0 Å². The Bertz CT molecular complexity index is 337. The topological polar surface area (TPSA) is 42.0 Å². The monoisotopic (exact) mass is 226 g/mol. The van der Waals surface area contributed by atoms with Crippen LogP contribution in [0.2, 0.25) is 5.15 Å². The van der Waals surface area contributed by atoms with Crippen molar-refractivity contribution in [3.8, 4) is 0 Å². The average molecular weight is 227 g/mol. The first-order valence-corrected chi connectivity index (χ1v) is 5.48. The number of nitrogens with zero attached hydrogens (tertiary/aromatic N) is 1. The molecule has 0 aromatic carbocycles. The predicted molar refractivity (Wildman–Crippen MR) is 61.1 cm³/mol. The van der Waals surface area contributed by atoms with Gasteiger partial charge in [0.05, 0.1) is 5.56 Å². The first-order chi connectivity index (χ1) is 7.19. The Balaban J connectivity index is 2.73. The minimum atomic E-state index is -0.151. The van der Waals surface area contributed by atoms with Gasteiger partial charge < -0.3 is 5.32 Å². The Morgan fingerprint density at radius 2 is 2.20 bits per heavy atom. The summed E-state index contributed by atoms with van der Waals surface area (Å²) in [6.45, 7) is 4.08. The zero-order valence-corrected chi connectivity index (χ0v) is 9.71. The third-order valence-corrected chi connectivity index (χ3v) is 2.63. The highest BCUT2D eigenvalue weighted by atomic mass is 35.5. The van der Waals surface area contributed by atoms with Gasteiger partial charge in [0.15, 0.2) is 0 Å². The number of nitrogens with one attached hydrogen (secondary N) is 1. The fourth-order valence-electron chi connectivity index (χ4n) is 1.31. The van der Waals surface area contributed by atoms with Crippen molar-refractivity contribution in [2.45, 2.75) is 32.7 Å². The quantitative estimate of drug-likeness (QED) is 0.802. The molecule has 0 aliphatic heterocycles. The van der Waals surface area contributed by atoms with Crippen molar-refractivity contribution in [1.82, 2.24) is 10.3 Å². The van der Waals surface area contributed by atoms with Crippen LogP contribution in [0, 0.1) is 0 Å². The molecule has 0 aliphatic carbocycles. The van der Waals surface area contributed by atoms with E-state index in [0.717, 1.165) is 12.8 Å². The highest BCUT2D eigenvalue weighted by Gasteiger charge is 2.13. The van der Waals surface area contributed by atoms with Gasteiger partial charge in [0.25, 0.3) is 5.91 Å². The van der Waals surface area contributed by atoms with Gasteiger partial charge in [0.2, 0.25) is 0 Å².